The number of hydrogen-bond acceptors (Lipinski definition) is 0. The lowest BCUT2D eigenvalue weighted by Gasteiger charge is -2.21. The highest BCUT2D eigenvalue weighted by Gasteiger charge is 2.20. The van der Waals surface area contributed by atoms with E-state index < -0.39 is 0 Å². The molecule has 0 spiro atoms. The van der Waals surface area contributed by atoms with Gasteiger partial charge < -0.3 is 0 Å². The Balaban J connectivity index is 1.48. The molecule has 0 heteroatoms. The first kappa shape index (κ1) is 27.1. The van der Waals surface area contributed by atoms with Gasteiger partial charge in [0.15, 0.2) is 0 Å². The summed E-state index contributed by atoms with van der Waals surface area (Å²) >= 11 is 0. The number of fused-ring (bicyclic) bond motifs is 4. The van der Waals surface area contributed by atoms with Crippen LogP contribution in [0.15, 0.2) is 152 Å². The van der Waals surface area contributed by atoms with Crippen molar-refractivity contribution in [1.29, 1.82) is 0 Å². The first-order valence-corrected chi connectivity index (χ1v) is 16.0. The summed E-state index contributed by atoms with van der Waals surface area (Å²) in [6.45, 7) is 4.35. The normalized spacial score (nSPS) is 11.8. The Labute approximate surface area is 264 Å². The van der Waals surface area contributed by atoms with Crippen LogP contribution in [0.4, 0.5) is 0 Å². The maximum absolute atomic E-state index is 2.34. The Morgan fingerprint density at radius 1 is 0.400 bits per heavy atom. The molecule has 214 valence electrons. The summed E-state index contributed by atoms with van der Waals surface area (Å²) in [7, 11) is 0. The summed E-state index contributed by atoms with van der Waals surface area (Å²) < 4.78 is 0. The van der Waals surface area contributed by atoms with E-state index >= 15 is 0 Å². The SMILES string of the molecule is C/C=C\c1c(CC)ccc2c(-c3c4ccccc4c(-c4ccc(-c5ccccc5)c5ccccc45)c4ccccc34)cccc12. The highest BCUT2D eigenvalue weighted by molar-refractivity contribution is 6.25. The molecule has 0 radical (unpaired) electrons. The summed E-state index contributed by atoms with van der Waals surface area (Å²) in [6, 6.07) is 53.7. The van der Waals surface area contributed by atoms with Crippen LogP contribution in [0.5, 0.6) is 0 Å². The fraction of sp³-hybridized carbons (Fsp3) is 0.0667. The molecule has 0 aliphatic heterocycles. The highest BCUT2D eigenvalue weighted by Crippen LogP contribution is 2.47. The fourth-order valence-electron chi connectivity index (χ4n) is 7.41. The first-order chi connectivity index (χ1) is 22.3. The third-order valence-corrected chi connectivity index (χ3v) is 9.39. The summed E-state index contributed by atoms with van der Waals surface area (Å²) in [6.07, 6.45) is 5.44. The van der Waals surface area contributed by atoms with Crippen LogP contribution >= 0.6 is 0 Å². The molecule has 0 saturated carbocycles. The minimum absolute atomic E-state index is 1.01. The van der Waals surface area contributed by atoms with E-state index in [1.165, 1.54) is 87.6 Å². The molecule has 0 aromatic heterocycles. The topological polar surface area (TPSA) is 0 Å². The molecule has 0 heterocycles. The predicted octanol–water partition coefficient (Wildman–Crippen LogP) is 12.9. The van der Waals surface area contributed by atoms with Gasteiger partial charge in [0.1, 0.15) is 0 Å². The highest BCUT2D eigenvalue weighted by atomic mass is 14.2. The molecule has 0 aliphatic carbocycles. The lowest BCUT2D eigenvalue weighted by molar-refractivity contribution is 1.14. The Morgan fingerprint density at radius 3 is 1.44 bits per heavy atom. The third kappa shape index (κ3) is 4.37. The molecule has 0 bridgehead atoms. The molecule has 8 aromatic rings. The molecule has 0 atom stereocenters. The van der Waals surface area contributed by atoms with Gasteiger partial charge >= 0.3 is 0 Å². The molecule has 0 fully saturated rings. The van der Waals surface area contributed by atoms with Crippen LogP contribution in [0.2, 0.25) is 0 Å². The number of rotatable bonds is 5. The van der Waals surface area contributed by atoms with Gasteiger partial charge in [0, 0.05) is 0 Å². The zero-order chi connectivity index (χ0) is 30.3. The van der Waals surface area contributed by atoms with Crippen LogP contribution in [0.25, 0.3) is 82.5 Å². The second kappa shape index (κ2) is 11.2. The number of allylic oxidation sites excluding steroid dienone is 1. The van der Waals surface area contributed by atoms with Gasteiger partial charge in [0.2, 0.25) is 0 Å². The molecular weight excluding hydrogens is 540 g/mol. The average molecular weight is 575 g/mol. The zero-order valence-corrected chi connectivity index (χ0v) is 25.7. The lowest BCUT2D eigenvalue weighted by atomic mass is 9.82. The van der Waals surface area contributed by atoms with Crippen molar-refractivity contribution in [2.75, 3.05) is 0 Å². The van der Waals surface area contributed by atoms with E-state index in [1.807, 2.05) is 0 Å². The van der Waals surface area contributed by atoms with Crippen molar-refractivity contribution in [2.24, 2.45) is 0 Å². The van der Waals surface area contributed by atoms with Crippen molar-refractivity contribution < 1.29 is 0 Å². The predicted molar refractivity (Wildman–Crippen MR) is 197 cm³/mol. The van der Waals surface area contributed by atoms with Crippen molar-refractivity contribution in [1.82, 2.24) is 0 Å². The Bertz CT molecular complexity index is 2350. The molecule has 0 saturated heterocycles. The second-order valence-corrected chi connectivity index (χ2v) is 11.8. The smallest absolute Gasteiger partial charge is 0.00201 e. The average Bonchev–Trinajstić information content (AvgIpc) is 3.10. The van der Waals surface area contributed by atoms with Crippen LogP contribution in [-0.4, -0.2) is 0 Å². The van der Waals surface area contributed by atoms with Gasteiger partial charge in [0.25, 0.3) is 0 Å². The van der Waals surface area contributed by atoms with Crippen molar-refractivity contribution in [3.05, 3.63) is 163 Å². The van der Waals surface area contributed by atoms with Gasteiger partial charge in [-0.05, 0) is 101 Å². The lowest BCUT2D eigenvalue weighted by Crippen LogP contribution is -1.94. The summed E-state index contributed by atoms with van der Waals surface area (Å²) in [5, 5.41) is 10.3. The Kier molecular flexibility index (Phi) is 6.77. The van der Waals surface area contributed by atoms with Crippen molar-refractivity contribution in [3.63, 3.8) is 0 Å². The maximum Gasteiger partial charge on any atom is -0.00201 e. The van der Waals surface area contributed by atoms with Crippen LogP contribution < -0.4 is 0 Å². The number of benzene rings is 8. The zero-order valence-electron chi connectivity index (χ0n) is 25.7. The summed E-state index contributed by atoms with van der Waals surface area (Å²) in [5.74, 6) is 0. The largest absolute Gasteiger partial charge is 0.0870 e. The van der Waals surface area contributed by atoms with Gasteiger partial charge in [-0.1, -0.05) is 165 Å². The van der Waals surface area contributed by atoms with Crippen molar-refractivity contribution in [3.8, 4) is 33.4 Å². The van der Waals surface area contributed by atoms with Crippen LogP contribution in [0.3, 0.4) is 0 Å². The standard InChI is InChI=1S/C45H34/c1-3-15-32-30(4-2)26-27-37-35(32)24-14-25-38(37)44-39-20-10-12-22-41(39)45(42-23-13-11-21-40(42)44)43-29-28-33(31-16-6-5-7-17-31)34-18-8-9-19-36(34)43/h3,5-29H,4H2,1-2H3/b15-3-. The number of hydrogen-bond donors (Lipinski definition) is 0. The molecular formula is C45H34. The minimum Gasteiger partial charge on any atom is -0.0870 e. The molecule has 0 nitrogen and oxygen atoms in total. The third-order valence-electron chi connectivity index (χ3n) is 9.39. The molecule has 8 aromatic carbocycles. The van der Waals surface area contributed by atoms with Gasteiger partial charge in [-0.2, -0.15) is 0 Å². The van der Waals surface area contributed by atoms with Crippen LogP contribution in [0, 0.1) is 0 Å². The second-order valence-electron chi connectivity index (χ2n) is 11.8. The van der Waals surface area contributed by atoms with Gasteiger partial charge in [-0.25, -0.2) is 0 Å². The van der Waals surface area contributed by atoms with E-state index in [0.29, 0.717) is 0 Å². The van der Waals surface area contributed by atoms with E-state index in [0.717, 1.165) is 6.42 Å². The van der Waals surface area contributed by atoms with E-state index in [2.05, 4.69) is 172 Å². The Hall–Kier alpha value is -5.46. The van der Waals surface area contributed by atoms with Gasteiger partial charge in [0.05, 0.1) is 0 Å². The molecule has 0 aliphatic rings. The summed E-state index contributed by atoms with van der Waals surface area (Å²) in [4.78, 5) is 0. The summed E-state index contributed by atoms with van der Waals surface area (Å²) in [5.41, 5.74) is 10.4. The van der Waals surface area contributed by atoms with Crippen molar-refractivity contribution >= 4 is 49.2 Å². The first-order valence-electron chi connectivity index (χ1n) is 16.0. The van der Waals surface area contributed by atoms with Crippen molar-refractivity contribution in [2.45, 2.75) is 20.3 Å². The molecule has 0 N–H and O–H groups in total. The van der Waals surface area contributed by atoms with Crippen LogP contribution in [0.1, 0.15) is 25.0 Å². The molecule has 0 amide bonds. The monoisotopic (exact) mass is 574 g/mol. The van der Waals surface area contributed by atoms with Gasteiger partial charge in [-0.3, -0.25) is 0 Å². The van der Waals surface area contributed by atoms with E-state index in [4.69, 9.17) is 0 Å². The Morgan fingerprint density at radius 2 is 0.867 bits per heavy atom. The fourth-order valence-corrected chi connectivity index (χ4v) is 7.41. The number of aryl methyl sites for hydroxylation is 1. The van der Waals surface area contributed by atoms with E-state index in [-0.39, 0.29) is 0 Å². The maximum atomic E-state index is 2.34. The van der Waals surface area contributed by atoms with E-state index in [9.17, 15) is 0 Å². The van der Waals surface area contributed by atoms with Crippen LogP contribution in [-0.2, 0) is 6.42 Å². The van der Waals surface area contributed by atoms with Gasteiger partial charge in [-0.15, -0.1) is 0 Å². The quantitative estimate of drug-likeness (QED) is 0.179. The molecule has 8 rings (SSSR count). The molecule has 45 heavy (non-hydrogen) atoms. The minimum atomic E-state index is 1.01. The molecule has 0 unspecified atom stereocenters. The van der Waals surface area contributed by atoms with E-state index in [1.54, 1.807) is 0 Å².